The molecule has 0 unspecified atom stereocenters. The highest BCUT2D eigenvalue weighted by Gasteiger charge is 2.31. The van der Waals surface area contributed by atoms with Crippen molar-refractivity contribution in [2.24, 2.45) is 10.2 Å². The third kappa shape index (κ3) is 4.94. The molecule has 0 aliphatic heterocycles. The van der Waals surface area contributed by atoms with Crippen LogP contribution in [-0.4, -0.2) is 5.11 Å². The first-order valence-electron chi connectivity index (χ1n) is 9.99. The molecule has 0 aromatic heterocycles. The number of nitrogens with zero attached hydrogens (tertiary/aromatic N) is 2. The van der Waals surface area contributed by atoms with Crippen LogP contribution in [0.3, 0.4) is 0 Å². The minimum atomic E-state index is -4.51. The summed E-state index contributed by atoms with van der Waals surface area (Å²) in [6.07, 6.45) is -2.86. The Morgan fingerprint density at radius 1 is 0.833 bits per heavy atom. The number of aromatic hydroxyl groups is 1. The Kier molecular flexibility index (Phi) is 6.54. The molecule has 30 heavy (non-hydrogen) atoms. The number of phenols is 1. The molecule has 0 fully saturated rings. The van der Waals surface area contributed by atoms with Crippen LogP contribution in [0.1, 0.15) is 71.1 Å². The molecule has 0 spiro atoms. The Morgan fingerprint density at radius 2 is 1.37 bits per heavy atom. The summed E-state index contributed by atoms with van der Waals surface area (Å²) in [6.45, 7) is 12.3. The summed E-state index contributed by atoms with van der Waals surface area (Å²) >= 11 is 0. The van der Waals surface area contributed by atoms with E-state index in [9.17, 15) is 18.3 Å². The summed E-state index contributed by atoms with van der Waals surface area (Å²) in [5, 5.41) is 18.9. The lowest BCUT2D eigenvalue weighted by Gasteiger charge is -2.30. The van der Waals surface area contributed by atoms with E-state index < -0.39 is 11.7 Å². The van der Waals surface area contributed by atoms with E-state index in [4.69, 9.17) is 5.73 Å². The zero-order valence-corrected chi connectivity index (χ0v) is 18.4. The van der Waals surface area contributed by atoms with Crippen LogP contribution < -0.4 is 5.73 Å². The van der Waals surface area contributed by atoms with E-state index in [2.05, 4.69) is 31.0 Å². The molecule has 0 aliphatic carbocycles. The fourth-order valence-corrected chi connectivity index (χ4v) is 2.91. The number of hydrogen-bond donors (Lipinski definition) is 2. The molecular weight excluding hydrogens is 391 g/mol. The molecule has 7 heteroatoms. The third-order valence-corrected chi connectivity index (χ3v) is 5.99. The molecule has 2 aromatic carbocycles. The molecule has 0 bridgehead atoms. The molecule has 0 saturated carbocycles. The van der Waals surface area contributed by atoms with Gasteiger partial charge in [0, 0.05) is 5.56 Å². The van der Waals surface area contributed by atoms with Gasteiger partial charge in [-0.05, 0) is 53.5 Å². The minimum absolute atomic E-state index is 0.0215. The molecular formula is C23H30F3N3O. The number of nitrogen functional groups attached to an aromatic ring is 1. The lowest BCUT2D eigenvalue weighted by Crippen LogP contribution is -2.20. The number of hydrogen-bond acceptors (Lipinski definition) is 4. The molecule has 0 radical (unpaired) electrons. The topological polar surface area (TPSA) is 71.0 Å². The van der Waals surface area contributed by atoms with Crippen LogP contribution in [0, 0.1) is 0 Å². The van der Waals surface area contributed by atoms with Gasteiger partial charge in [-0.25, -0.2) is 0 Å². The minimum Gasteiger partial charge on any atom is -0.505 e. The first-order valence-corrected chi connectivity index (χ1v) is 9.99. The molecule has 2 aromatic rings. The van der Waals surface area contributed by atoms with E-state index >= 15 is 0 Å². The average molecular weight is 422 g/mol. The quantitative estimate of drug-likeness (QED) is 0.369. The zero-order valence-electron chi connectivity index (χ0n) is 18.4. The SMILES string of the molecule is CCC(C)(C)c1cc(N=Nc2cc(C(F)(F)F)ccc2N)c(O)c(C(C)(C)CC)c1. The molecule has 0 amide bonds. The number of nitrogens with two attached hydrogens (primary N) is 1. The van der Waals surface area contributed by atoms with Gasteiger partial charge in [0.1, 0.15) is 17.1 Å². The maximum absolute atomic E-state index is 13.0. The van der Waals surface area contributed by atoms with Gasteiger partial charge in [-0.1, -0.05) is 47.6 Å². The maximum Gasteiger partial charge on any atom is 0.416 e. The lowest BCUT2D eigenvalue weighted by molar-refractivity contribution is -0.137. The van der Waals surface area contributed by atoms with Gasteiger partial charge in [0.25, 0.3) is 0 Å². The molecule has 0 saturated heterocycles. The number of rotatable bonds is 6. The number of alkyl halides is 3. The smallest absolute Gasteiger partial charge is 0.416 e. The Balaban J connectivity index is 2.64. The fourth-order valence-electron chi connectivity index (χ4n) is 2.91. The van der Waals surface area contributed by atoms with Gasteiger partial charge in [-0.3, -0.25) is 0 Å². The Hall–Kier alpha value is -2.57. The van der Waals surface area contributed by atoms with Crippen LogP contribution in [0.15, 0.2) is 40.6 Å². The van der Waals surface area contributed by atoms with Crippen LogP contribution in [0.2, 0.25) is 0 Å². The summed E-state index contributed by atoms with van der Waals surface area (Å²) in [4.78, 5) is 0. The molecule has 0 aliphatic rings. The van der Waals surface area contributed by atoms with Crippen molar-refractivity contribution in [2.75, 3.05) is 5.73 Å². The third-order valence-electron chi connectivity index (χ3n) is 5.99. The van der Waals surface area contributed by atoms with Gasteiger partial charge in [-0.15, -0.1) is 10.2 Å². The van der Waals surface area contributed by atoms with Crippen LogP contribution in [0.4, 0.5) is 30.2 Å². The first-order chi connectivity index (χ1) is 13.7. The molecule has 164 valence electrons. The molecule has 4 nitrogen and oxygen atoms in total. The highest BCUT2D eigenvalue weighted by Crippen LogP contribution is 2.44. The van der Waals surface area contributed by atoms with Crippen molar-refractivity contribution in [3.63, 3.8) is 0 Å². The van der Waals surface area contributed by atoms with Crippen LogP contribution in [0.25, 0.3) is 0 Å². The van der Waals surface area contributed by atoms with Gasteiger partial charge in [0.05, 0.1) is 11.3 Å². The van der Waals surface area contributed by atoms with E-state index in [1.54, 1.807) is 6.07 Å². The van der Waals surface area contributed by atoms with Crippen molar-refractivity contribution in [1.82, 2.24) is 0 Å². The number of azo groups is 1. The zero-order chi connectivity index (χ0) is 22.9. The van der Waals surface area contributed by atoms with Crippen molar-refractivity contribution in [1.29, 1.82) is 0 Å². The summed E-state index contributed by atoms with van der Waals surface area (Å²) in [6, 6.07) is 6.63. The summed E-state index contributed by atoms with van der Waals surface area (Å²) < 4.78 is 39.1. The van der Waals surface area contributed by atoms with Gasteiger partial charge in [0.2, 0.25) is 0 Å². The van der Waals surface area contributed by atoms with Crippen molar-refractivity contribution < 1.29 is 18.3 Å². The molecule has 0 atom stereocenters. The summed E-state index contributed by atoms with van der Waals surface area (Å²) in [7, 11) is 0. The van der Waals surface area contributed by atoms with Crippen molar-refractivity contribution in [3.8, 4) is 5.75 Å². The fraction of sp³-hybridized carbons (Fsp3) is 0.478. The summed E-state index contributed by atoms with van der Waals surface area (Å²) in [5.41, 5.74) is 6.34. The van der Waals surface area contributed by atoms with E-state index in [-0.39, 0.29) is 33.6 Å². The van der Waals surface area contributed by atoms with Gasteiger partial charge in [-0.2, -0.15) is 13.2 Å². The number of anilines is 1. The highest BCUT2D eigenvalue weighted by atomic mass is 19.4. The van der Waals surface area contributed by atoms with Gasteiger partial charge < -0.3 is 10.8 Å². The molecule has 3 N–H and O–H groups in total. The van der Waals surface area contributed by atoms with Crippen LogP contribution in [0.5, 0.6) is 5.75 Å². The largest absolute Gasteiger partial charge is 0.505 e. The van der Waals surface area contributed by atoms with Gasteiger partial charge in [0.15, 0.2) is 0 Å². The van der Waals surface area contributed by atoms with Crippen LogP contribution in [-0.2, 0) is 17.0 Å². The van der Waals surface area contributed by atoms with E-state index in [1.807, 2.05) is 26.8 Å². The standard InChI is InChI=1S/C23H30F3N3O/c1-7-21(3,4)15-11-16(22(5,6)8-2)20(30)19(13-15)29-28-18-12-14(23(24,25)26)9-10-17(18)27/h9-13,30H,7-8,27H2,1-6H3. The summed E-state index contributed by atoms with van der Waals surface area (Å²) in [5.74, 6) is -0.0215. The van der Waals surface area contributed by atoms with E-state index in [0.29, 0.717) is 0 Å². The predicted octanol–water partition coefficient (Wildman–Crippen LogP) is 7.78. The van der Waals surface area contributed by atoms with Crippen LogP contribution >= 0.6 is 0 Å². The highest BCUT2D eigenvalue weighted by molar-refractivity contribution is 5.65. The Labute approximate surface area is 176 Å². The number of phenolic OH excluding ortho intramolecular Hbond substituents is 1. The second-order valence-corrected chi connectivity index (χ2v) is 8.84. The maximum atomic E-state index is 13.0. The normalized spacial score (nSPS) is 13.2. The molecule has 0 heterocycles. The first kappa shape index (κ1) is 23.7. The van der Waals surface area contributed by atoms with Gasteiger partial charge >= 0.3 is 6.18 Å². The van der Waals surface area contributed by atoms with Crippen molar-refractivity contribution >= 4 is 17.1 Å². The second kappa shape index (κ2) is 8.28. The van der Waals surface area contributed by atoms with E-state index in [1.165, 1.54) is 0 Å². The Bertz CT molecular complexity index is 947. The number of benzene rings is 2. The second-order valence-electron chi connectivity index (χ2n) is 8.84. The lowest BCUT2D eigenvalue weighted by atomic mass is 9.76. The monoisotopic (exact) mass is 421 g/mol. The Morgan fingerprint density at radius 3 is 1.90 bits per heavy atom. The number of halogens is 3. The van der Waals surface area contributed by atoms with E-state index in [0.717, 1.165) is 42.2 Å². The van der Waals surface area contributed by atoms with Crippen molar-refractivity contribution in [3.05, 3.63) is 47.0 Å². The predicted molar refractivity (Wildman–Crippen MR) is 115 cm³/mol. The van der Waals surface area contributed by atoms with Crippen molar-refractivity contribution in [2.45, 2.75) is 71.4 Å². The molecule has 2 rings (SSSR count). The average Bonchev–Trinajstić information content (AvgIpc) is 2.66.